The maximum atomic E-state index is 11.8. The fourth-order valence-electron chi connectivity index (χ4n) is 4.79. The molecule has 0 heterocycles. The molecule has 0 aromatic heterocycles. The number of hydrogen-bond acceptors (Lipinski definition) is 3. The molecule has 3 N–H and O–H groups in total. The molecule has 2 fully saturated rings. The van der Waals surface area contributed by atoms with Crippen molar-refractivity contribution in [1.29, 1.82) is 0 Å². The summed E-state index contributed by atoms with van der Waals surface area (Å²) < 4.78 is 6.01. The van der Waals surface area contributed by atoms with Crippen LogP contribution < -0.4 is 16.0 Å². The van der Waals surface area contributed by atoms with E-state index in [9.17, 15) is 4.79 Å². The predicted octanol–water partition coefficient (Wildman–Crippen LogP) is 3.11. The zero-order chi connectivity index (χ0) is 20.0. The molecule has 2 unspecified atom stereocenters. The smallest absolute Gasteiger partial charge is 0.251 e. The summed E-state index contributed by atoms with van der Waals surface area (Å²) in [5, 5.41) is 9.74. The Kier molecular flexibility index (Phi) is 9.20. The van der Waals surface area contributed by atoms with E-state index in [2.05, 4.69) is 33.9 Å². The number of aliphatic imine (C=N–C) groups is 1. The highest BCUT2D eigenvalue weighted by atomic mass is 127. The van der Waals surface area contributed by atoms with Crippen LogP contribution >= 0.6 is 24.0 Å². The summed E-state index contributed by atoms with van der Waals surface area (Å²) in [7, 11) is 3.47. The first kappa shape index (κ1) is 23.9. The first-order valence-electron chi connectivity index (χ1n) is 10.5. The Labute approximate surface area is 191 Å². The van der Waals surface area contributed by atoms with E-state index in [1.807, 2.05) is 25.2 Å². The fraction of sp³-hybridized carbons (Fsp3) is 0.636. The summed E-state index contributed by atoms with van der Waals surface area (Å²) in [4.78, 5) is 16.2. The van der Waals surface area contributed by atoms with Crippen molar-refractivity contribution in [3.8, 4) is 0 Å². The van der Waals surface area contributed by atoms with Gasteiger partial charge in [0.25, 0.3) is 5.91 Å². The Morgan fingerprint density at radius 2 is 2.07 bits per heavy atom. The van der Waals surface area contributed by atoms with Gasteiger partial charge in [0.2, 0.25) is 0 Å². The molecular formula is C22H35IN4O2. The Bertz CT molecular complexity index is 704. The third-order valence-electron chi connectivity index (χ3n) is 6.34. The van der Waals surface area contributed by atoms with Crippen molar-refractivity contribution in [2.75, 3.05) is 27.2 Å². The molecule has 2 aliphatic carbocycles. The topological polar surface area (TPSA) is 74.8 Å². The van der Waals surface area contributed by atoms with Gasteiger partial charge in [-0.2, -0.15) is 0 Å². The first-order chi connectivity index (χ1) is 13.6. The highest BCUT2D eigenvalue weighted by Crippen LogP contribution is 2.54. The van der Waals surface area contributed by atoms with Gasteiger partial charge in [0.15, 0.2) is 5.96 Å². The van der Waals surface area contributed by atoms with E-state index < -0.39 is 0 Å². The van der Waals surface area contributed by atoms with Gasteiger partial charge in [-0.05, 0) is 50.3 Å². The standard InChI is InChI=1S/C22H34N4O2.HI/c1-4-28-19-15-18(22(19)11-5-6-12-22)26-21(24-3)25-13-10-16-8-7-9-17(14-16)20(27)23-2;/h7-9,14,18-19H,4-6,10-13,15H2,1-3H3,(H,23,27)(H2,24,25,26);1H. The number of hydrogen-bond donors (Lipinski definition) is 3. The van der Waals surface area contributed by atoms with Gasteiger partial charge in [-0.3, -0.25) is 9.79 Å². The van der Waals surface area contributed by atoms with Crippen LogP contribution in [0, 0.1) is 5.41 Å². The van der Waals surface area contributed by atoms with Gasteiger partial charge in [0.1, 0.15) is 0 Å². The minimum Gasteiger partial charge on any atom is -0.378 e. The number of nitrogens with one attached hydrogen (secondary N) is 3. The van der Waals surface area contributed by atoms with E-state index >= 15 is 0 Å². The summed E-state index contributed by atoms with van der Waals surface area (Å²) in [5.41, 5.74) is 2.12. The average Bonchev–Trinajstić information content (AvgIpc) is 3.24. The van der Waals surface area contributed by atoms with Crippen LogP contribution in [0.25, 0.3) is 0 Å². The van der Waals surface area contributed by atoms with Crippen LogP contribution in [0.3, 0.4) is 0 Å². The van der Waals surface area contributed by atoms with Gasteiger partial charge in [-0.1, -0.05) is 25.0 Å². The lowest BCUT2D eigenvalue weighted by atomic mass is 9.60. The number of halogens is 1. The second kappa shape index (κ2) is 11.2. The SMILES string of the molecule is CCOC1CC(NC(=NC)NCCc2cccc(C(=O)NC)c2)C12CCCC2.I. The molecule has 6 nitrogen and oxygen atoms in total. The maximum absolute atomic E-state index is 11.8. The van der Waals surface area contributed by atoms with Crippen LogP contribution in [0.1, 0.15) is 54.9 Å². The van der Waals surface area contributed by atoms with Crippen molar-refractivity contribution in [3.05, 3.63) is 35.4 Å². The molecule has 1 spiro atoms. The van der Waals surface area contributed by atoms with Crippen molar-refractivity contribution in [1.82, 2.24) is 16.0 Å². The largest absolute Gasteiger partial charge is 0.378 e. The van der Waals surface area contributed by atoms with E-state index in [1.165, 1.54) is 25.7 Å². The number of ether oxygens (including phenoxy) is 1. The number of rotatable bonds is 7. The van der Waals surface area contributed by atoms with E-state index in [-0.39, 0.29) is 35.3 Å². The van der Waals surface area contributed by atoms with E-state index in [4.69, 9.17) is 4.74 Å². The molecule has 0 radical (unpaired) electrons. The highest BCUT2D eigenvalue weighted by Gasteiger charge is 2.56. The van der Waals surface area contributed by atoms with Gasteiger partial charge < -0.3 is 20.7 Å². The number of nitrogens with zero attached hydrogens (tertiary/aromatic N) is 1. The van der Waals surface area contributed by atoms with Crippen LogP contribution in [-0.4, -0.2) is 51.3 Å². The van der Waals surface area contributed by atoms with Crippen LogP contribution in [0.15, 0.2) is 29.3 Å². The molecule has 1 aromatic rings. The summed E-state index contributed by atoms with van der Waals surface area (Å²) >= 11 is 0. The van der Waals surface area contributed by atoms with E-state index in [0.29, 0.717) is 17.7 Å². The molecule has 0 bridgehead atoms. The summed E-state index contributed by atoms with van der Waals surface area (Å²) in [5.74, 6) is 0.802. The van der Waals surface area contributed by atoms with Crippen LogP contribution in [-0.2, 0) is 11.2 Å². The van der Waals surface area contributed by atoms with Crippen LogP contribution in [0.2, 0.25) is 0 Å². The third-order valence-corrected chi connectivity index (χ3v) is 6.34. The van der Waals surface area contributed by atoms with E-state index in [0.717, 1.165) is 37.5 Å². The second-order valence-corrected chi connectivity index (χ2v) is 7.85. The van der Waals surface area contributed by atoms with Gasteiger partial charge in [0.05, 0.1) is 6.10 Å². The Hall–Kier alpha value is -1.35. The molecule has 3 rings (SSSR count). The predicted molar refractivity (Wildman–Crippen MR) is 128 cm³/mol. The van der Waals surface area contributed by atoms with Crippen molar-refractivity contribution < 1.29 is 9.53 Å². The maximum Gasteiger partial charge on any atom is 0.251 e. The van der Waals surface area contributed by atoms with Crippen LogP contribution in [0.4, 0.5) is 0 Å². The molecule has 2 aliphatic rings. The average molecular weight is 514 g/mol. The fourth-order valence-corrected chi connectivity index (χ4v) is 4.79. The van der Waals surface area contributed by atoms with Gasteiger partial charge in [0, 0.05) is 44.3 Å². The lowest BCUT2D eigenvalue weighted by molar-refractivity contribution is -0.125. The van der Waals surface area contributed by atoms with Crippen molar-refractivity contribution in [3.63, 3.8) is 0 Å². The molecule has 29 heavy (non-hydrogen) atoms. The Morgan fingerprint density at radius 1 is 1.31 bits per heavy atom. The van der Waals surface area contributed by atoms with Crippen molar-refractivity contribution in [2.45, 2.75) is 57.6 Å². The molecule has 2 saturated carbocycles. The molecule has 1 aromatic carbocycles. The Balaban J connectivity index is 0.00000300. The molecule has 0 aliphatic heterocycles. The highest BCUT2D eigenvalue weighted by molar-refractivity contribution is 14.0. The number of guanidine groups is 1. The molecule has 0 saturated heterocycles. The molecular weight excluding hydrogens is 479 g/mol. The van der Waals surface area contributed by atoms with Gasteiger partial charge in [-0.25, -0.2) is 0 Å². The summed E-state index contributed by atoms with van der Waals surface area (Å²) in [6, 6.07) is 8.20. The minimum absolute atomic E-state index is 0. The van der Waals surface area contributed by atoms with Crippen molar-refractivity contribution in [2.24, 2.45) is 10.4 Å². The quantitative estimate of drug-likeness (QED) is 0.297. The normalized spacial score (nSPS) is 22.5. The molecule has 7 heteroatoms. The van der Waals surface area contributed by atoms with Crippen molar-refractivity contribution >= 4 is 35.8 Å². The summed E-state index contributed by atoms with van der Waals surface area (Å²) in [6.45, 7) is 3.65. The second-order valence-electron chi connectivity index (χ2n) is 7.85. The van der Waals surface area contributed by atoms with E-state index in [1.54, 1.807) is 7.05 Å². The lowest BCUT2D eigenvalue weighted by Gasteiger charge is -2.54. The van der Waals surface area contributed by atoms with Gasteiger partial charge >= 0.3 is 0 Å². The number of carbonyl (C=O) groups is 1. The molecule has 1 amide bonds. The van der Waals surface area contributed by atoms with Crippen LogP contribution in [0.5, 0.6) is 0 Å². The number of benzene rings is 1. The molecule has 2 atom stereocenters. The Morgan fingerprint density at radius 3 is 2.72 bits per heavy atom. The minimum atomic E-state index is -0.0528. The lowest BCUT2D eigenvalue weighted by Crippen LogP contribution is -2.65. The van der Waals surface area contributed by atoms with Gasteiger partial charge in [-0.15, -0.1) is 24.0 Å². The third kappa shape index (κ3) is 5.42. The zero-order valence-electron chi connectivity index (χ0n) is 17.8. The summed E-state index contributed by atoms with van der Waals surface area (Å²) in [6.07, 6.45) is 7.39. The zero-order valence-corrected chi connectivity index (χ0v) is 20.1. The first-order valence-corrected chi connectivity index (χ1v) is 10.5. The monoisotopic (exact) mass is 514 g/mol. The molecule has 162 valence electrons. The number of amides is 1. The number of carbonyl (C=O) groups excluding carboxylic acids is 1.